The van der Waals surface area contributed by atoms with E-state index in [2.05, 4.69) is 9.97 Å². The molecule has 0 saturated carbocycles. The largest absolute Gasteiger partial charge is 0.419 e. The number of piperazine rings is 1. The Balaban J connectivity index is 1.43. The van der Waals surface area contributed by atoms with Crippen molar-refractivity contribution in [1.82, 2.24) is 14.9 Å². The average Bonchev–Trinajstić information content (AvgIpc) is 2.85. The molecule has 1 aromatic heterocycles. The van der Waals surface area contributed by atoms with Gasteiger partial charge in [0.1, 0.15) is 0 Å². The predicted octanol–water partition coefficient (Wildman–Crippen LogP) is 2.45. The first-order valence-corrected chi connectivity index (χ1v) is 11.0. The fourth-order valence-electron chi connectivity index (χ4n) is 3.84. The van der Waals surface area contributed by atoms with Gasteiger partial charge in [0, 0.05) is 61.8 Å². The Hall–Kier alpha value is -3.54. The monoisotopic (exact) mass is 492 g/mol. The minimum Gasteiger partial charge on any atom is -0.380 e. The van der Waals surface area contributed by atoms with E-state index in [4.69, 9.17) is 15.9 Å². The van der Waals surface area contributed by atoms with Gasteiger partial charge in [-0.25, -0.2) is 9.97 Å². The molecule has 2 heterocycles. The molecule has 0 aliphatic carbocycles. The van der Waals surface area contributed by atoms with Crippen LogP contribution in [0.25, 0.3) is 0 Å². The first-order valence-electron chi connectivity index (χ1n) is 11.0. The molecule has 3 N–H and O–H groups in total. The maximum atomic E-state index is 12.7. The first-order chi connectivity index (χ1) is 16.6. The minimum atomic E-state index is -4.49. The standard InChI is InChI=1S/C23H27F3N6O3/c1-15(17-3-2-4-18(21(28)34)19(17)11-27)14-35-10-5-20(33)31-6-8-32(9-7-31)22-29-12-16(13-30-22)23(24,25)26/h2-4,11-13,15,27H,5-10,14H2,1H3,(H2,28,34). The second kappa shape index (κ2) is 11.3. The van der Waals surface area contributed by atoms with Gasteiger partial charge in [0.25, 0.3) is 0 Å². The number of halogens is 3. The highest BCUT2D eigenvalue weighted by Crippen LogP contribution is 2.28. The zero-order valence-corrected chi connectivity index (χ0v) is 19.2. The zero-order valence-electron chi connectivity index (χ0n) is 19.2. The molecule has 1 atom stereocenters. The summed E-state index contributed by atoms with van der Waals surface area (Å²) in [5.41, 5.74) is 5.98. The molecule has 1 aliphatic rings. The molecular weight excluding hydrogens is 465 g/mol. The molecule has 0 radical (unpaired) electrons. The quantitative estimate of drug-likeness (QED) is 0.409. The Morgan fingerprint density at radius 1 is 1.20 bits per heavy atom. The number of nitrogens with one attached hydrogen (secondary N) is 1. The van der Waals surface area contributed by atoms with Crippen molar-refractivity contribution in [2.45, 2.75) is 25.4 Å². The van der Waals surface area contributed by atoms with Crippen LogP contribution in [0.1, 0.15) is 46.3 Å². The number of nitrogens with two attached hydrogens (primary N) is 1. The maximum absolute atomic E-state index is 12.7. The average molecular weight is 493 g/mol. The summed E-state index contributed by atoms with van der Waals surface area (Å²) in [6.07, 6.45) is -1.69. The lowest BCUT2D eigenvalue weighted by Crippen LogP contribution is -2.49. The van der Waals surface area contributed by atoms with E-state index in [1.165, 1.54) is 0 Å². The van der Waals surface area contributed by atoms with Crippen LogP contribution in [0.3, 0.4) is 0 Å². The van der Waals surface area contributed by atoms with Crippen molar-refractivity contribution < 1.29 is 27.5 Å². The molecule has 1 aliphatic heterocycles. The summed E-state index contributed by atoms with van der Waals surface area (Å²) in [4.78, 5) is 35.1. The van der Waals surface area contributed by atoms with Gasteiger partial charge in [-0.15, -0.1) is 0 Å². The Morgan fingerprint density at radius 3 is 2.43 bits per heavy atom. The van der Waals surface area contributed by atoms with E-state index in [1.807, 2.05) is 13.0 Å². The number of anilines is 1. The number of ether oxygens (including phenoxy) is 1. The van der Waals surface area contributed by atoms with Crippen LogP contribution >= 0.6 is 0 Å². The number of aromatic nitrogens is 2. The predicted molar refractivity (Wildman–Crippen MR) is 123 cm³/mol. The lowest BCUT2D eigenvalue weighted by Gasteiger charge is -2.34. The smallest absolute Gasteiger partial charge is 0.380 e. The van der Waals surface area contributed by atoms with E-state index in [0.29, 0.717) is 38.3 Å². The van der Waals surface area contributed by atoms with Crippen LogP contribution in [0.4, 0.5) is 19.1 Å². The molecule has 12 heteroatoms. The molecular formula is C23H27F3N6O3. The fraction of sp³-hybridized carbons (Fsp3) is 0.435. The Labute approximate surface area is 200 Å². The van der Waals surface area contributed by atoms with Crippen LogP contribution in [0, 0.1) is 5.41 Å². The van der Waals surface area contributed by atoms with Gasteiger partial charge >= 0.3 is 6.18 Å². The fourth-order valence-corrected chi connectivity index (χ4v) is 3.84. The summed E-state index contributed by atoms with van der Waals surface area (Å²) in [5.74, 6) is -0.601. The molecule has 0 spiro atoms. The van der Waals surface area contributed by atoms with Crippen LogP contribution < -0.4 is 10.6 Å². The Bertz CT molecular complexity index is 1050. The third-order valence-corrected chi connectivity index (χ3v) is 5.79. The number of alkyl halides is 3. The van der Waals surface area contributed by atoms with Gasteiger partial charge in [0.2, 0.25) is 17.8 Å². The second-order valence-electron chi connectivity index (χ2n) is 8.18. The van der Waals surface area contributed by atoms with E-state index in [9.17, 15) is 22.8 Å². The third kappa shape index (κ3) is 6.53. The molecule has 1 unspecified atom stereocenters. The van der Waals surface area contributed by atoms with E-state index < -0.39 is 17.6 Å². The lowest BCUT2D eigenvalue weighted by molar-refractivity contribution is -0.138. The van der Waals surface area contributed by atoms with Crippen molar-refractivity contribution in [3.63, 3.8) is 0 Å². The molecule has 35 heavy (non-hydrogen) atoms. The van der Waals surface area contributed by atoms with Crippen molar-refractivity contribution in [3.8, 4) is 0 Å². The second-order valence-corrected chi connectivity index (χ2v) is 8.18. The van der Waals surface area contributed by atoms with Crippen molar-refractivity contribution in [3.05, 3.63) is 52.8 Å². The summed E-state index contributed by atoms with van der Waals surface area (Å²) >= 11 is 0. The molecule has 1 fully saturated rings. The molecule has 9 nitrogen and oxygen atoms in total. The SMILES string of the molecule is CC(COCCC(=O)N1CCN(c2ncc(C(F)(F)F)cn2)CC1)c1cccc(C(N)=O)c1C=N. The van der Waals surface area contributed by atoms with Crippen LogP contribution in [0.5, 0.6) is 0 Å². The van der Waals surface area contributed by atoms with E-state index in [-0.39, 0.29) is 36.4 Å². The number of amides is 2. The van der Waals surface area contributed by atoms with Gasteiger partial charge in [-0.2, -0.15) is 13.2 Å². The number of rotatable bonds is 9. The van der Waals surface area contributed by atoms with Gasteiger partial charge < -0.3 is 25.7 Å². The van der Waals surface area contributed by atoms with Crippen molar-refractivity contribution in [2.75, 3.05) is 44.3 Å². The first kappa shape index (κ1) is 26.1. The van der Waals surface area contributed by atoms with Crippen molar-refractivity contribution in [1.29, 1.82) is 5.41 Å². The minimum absolute atomic E-state index is 0.0819. The lowest BCUT2D eigenvalue weighted by atomic mass is 9.93. The summed E-state index contributed by atoms with van der Waals surface area (Å²) in [6.45, 7) is 4.05. The molecule has 1 saturated heterocycles. The molecule has 2 aromatic rings. The van der Waals surface area contributed by atoms with E-state index in [1.54, 1.807) is 21.9 Å². The maximum Gasteiger partial charge on any atom is 0.419 e. The van der Waals surface area contributed by atoms with Gasteiger partial charge in [-0.05, 0) is 11.6 Å². The zero-order chi connectivity index (χ0) is 25.6. The Kier molecular flexibility index (Phi) is 8.39. The number of carbonyl (C=O) groups is 2. The van der Waals surface area contributed by atoms with Gasteiger partial charge in [0.15, 0.2) is 0 Å². The summed E-state index contributed by atoms with van der Waals surface area (Å²) in [5, 5.41) is 7.62. The number of primary amides is 1. The number of carbonyl (C=O) groups excluding carboxylic acids is 2. The van der Waals surface area contributed by atoms with Gasteiger partial charge in [-0.1, -0.05) is 19.1 Å². The van der Waals surface area contributed by atoms with Crippen LogP contribution in [0.15, 0.2) is 30.6 Å². The summed E-state index contributed by atoms with van der Waals surface area (Å²) < 4.78 is 43.7. The number of benzene rings is 1. The van der Waals surface area contributed by atoms with Crippen LogP contribution in [-0.2, 0) is 15.7 Å². The van der Waals surface area contributed by atoms with Gasteiger partial charge in [-0.3, -0.25) is 9.59 Å². The van der Waals surface area contributed by atoms with Crippen molar-refractivity contribution >= 4 is 24.0 Å². The van der Waals surface area contributed by atoms with Gasteiger partial charge in [0.05, 0.1) is 25.2 Å². The highest BCUT2D eigenvalue weighted by molar-refractivity contribution is 6.01. The van der Waals surface area contributed by atoms with Crippen LogP contribution in [-0.4, -0.2) is 72.3 Å². The van der Waals surface area contributed by atoms with Crippen LogP contribution in [0.2, 0.25) is 0 Å². The molecule has 188 valence electrons. The van der Waals surface area contributed by atoms with Crippen molar-refractivity contribution in [2.24, 2.45) is 5.73 Å². The highest BCUT2D eigenvalue weighted by Gasteiger charge is 2.32. The molecule has 3 rings (SSSR count). The topological polar surface area (TPSA) is 126 Å². The van der Waals surface area contributed by atoms with E-state index >= 15 is 0 Å². The highest BCUT2D eigenvalue weighted by atomic mass is 19.4. The Morgan fingerprint density at radius 2 is 1.86 bits per heavy atom. The summed E-state index contributed by atoms with van der Waals surface area (Å²) in [7, 11) is 0. The number of nitrogens with zero attached hydrogens (tertiary/aromatic N) is 4. The molecule has 1 aromatic carbocycles. The van der Waals surface area contributed by atoms with E-state index in [0.717, 1.165) is 24.2 Å². The number of hydrogen-bond donors (Lipinski definition) is 2. The molecule has 2 amide bonds. The summed E-state index contributed by atoms with van der Waals surface area (Å²) in [6, 6.07) is 5.09. The third-order valence-electron chi connectivity index (χ3n) is 5.79. The molecule has 0 bridgehead atoms. The number of hydrogen-bond acceptors (Lipinski definition) is 7. The normalized spacial score (nSPS) is 15.1.